The molecular weight excluding hydrogens is 402 g/mol. The third-order valence-corrected chi connectivity index (χ3v) is 5.02. The number of nitrogens with zero attached hydrogens (tertiary/aromatic N) is 2. The summed E-state index contributed by atoms with van der Waals surface area (Å²) in [6.07, 6.45) is 2.61. The summed E-state index contributed by atoms with van der Waals surface area (Å²) in [7, 11) is 1.63. The smallest absolute Gasteiger partial charge is 0.258 e. The minimum Gasteiger partial charge on any atom is -0.497 e. The molecule has 6 nitrogen and oxygen atoms in total. The maximum absolute atomic E-state index is 12.3. The Bertz CT molecular complexity index is 1150. The third kappa shape index (κ3) is 5.55. The third-order valence-electron chi connectivity index (χ3n) is 5.02. The van der Waals surface area contributed by atoms with Gasteiger partial charge in [0.15, 0.2) is 6.61 Å². The molecule has 0 saturated carbocycles. The molecule has 1 N–H and O–H groups in total. The lowest BCUT2D eigenvalue weighted by molar-refractivity contribution is -0.123. The second kappa shape index (κ2) is 10.3. The van der Waals surface area contributed by atoms with Crippen LogP contribution in [0.3, 0.4) is 0 Å². The highest BCUT2D eigenvalue weighted by Gasteiger charge is 2.09. The monoisotopic (exact) mass is 427 g/mol. The van der Waals surface area contributed by atoms with E-state index in [4.69, 9.17) is 9.47 Å². The number of para-hydroxylation sites is 1. The van der Waals surface area contributed by atoms with Crippen LogP contribution in [0.5, 0.6) is 11.5 Å². The molecule has 32 heavy (non-hydrogen) atoms. The van der Waals surface area contributed by atoms with Crippen LogP contribution in [-0.4, -0.2) is 29.4 Å². The van der Waals surface area contributed by atoms with Gasteiger partial charge in [0.05, 0.1) is 25.0 Å². The highest BCUT2D eigenvalue weighted by atomic mass is 16.5. The van der Waals surface area contributed by atoms with Gasteiger partial charge in [0.1, 0.15) is 11.5 Å². The normalized spacial score (nSPS) is 10.5. The Morgan fingerprint density at radius 3 is 2.47 bits per heavy atom. The van der Waals surface area contributed by atoms with E-state index in [0.29, 0.717) is 6.54 Å². The predicted octanol–water partition coefficient (Wildman–Crippen LogP) is 4.17. The number of nitrogens with one attached hydrogen (secondary N) is 1. The molecule has 0 spiro atoms. The molecule has 0 aliphatic heterocycles. The van der Waals surface area contributed by atoms with Crippen molar-refractivity contribution in [1.82, 2.24) is 15.1 Å². The lowest BCUT2D eigenvalue weighted by Crippen LogP contribution is -2.28. The van der Waals surface area contributed by atoms with Gasteiger partial charge in [-0.2, -0.15) is 5.10 Å². The summed E-state index contributed by atoms with van der Waals surface area (Å²) in [4.78, 5) is 12.3. The Morgan fingerprint density at radius 2 is 1.69 bits per heavy atom. The van der Waals surface area contributed by atoms with Crippen molar-refractivity contribution < 1.29 is 14.3 Å². The van der Waals surface area contributed by atoms with Gasteiger partial charge < -0.3 is 14.8 Å². The summed E-state index contributed by atoms with van der Waals surface area (Å²) in [5, 5.41) is 7.37. The summed E-state index contributed by atoms with van der Waals surface area (Å²) in [5.74, 6) is 1.31. The van der Waals surface area contributed by atoms with E-state index in [1.165, 1.54) is 5.56 Å². The molecule has 0 saturated heterocycles. The largest absolute Gasteiger partial charge is 0.497 e. The Balaban J connectivity index is 1.29. The average molecular weight is 428 g/mol. The van der Waals surface area contributed by atoms with Crippen molar-refractivity contribution in [3.63, 3.8) is 0 Å². The molecule has 4 aromatic rings. The zero-order valence-electron chi connectivity index (χ0n) is 17.9. The van der Waals surface area contributed by atoms with Crippen molar-refractivity contribution in [3.05, 3.63) is 108 Å². The van der Waals surface area contributed by atoms with Crippen LogP contribution in [0.25, 0.3) is 5.69 Å². The number of rotatable bonds is 9. The van der Waals surface area contributed by atoms with Crippen LogP contribution in [0, 0.1) is 0 Å². The van der Waals surface area contributed by atoms with E-state index in [-0.39, 0.29) is 12.5 Å². The van der Waals surface area contributed by atoms with Gasteiger partial charge in [0.25, 0.3) is 5.91 Å². The molecule has 162 valence electrons. The van der Waals surface area contributed by atoms with Gasteiger partial charge in [-0.25, -0.2) is 4.68 Å². The van der Waals surface area contributed by atoms with Crippen molar-refractivity contribution in [3.8, 4) is 17.2 Å². The number of ether oxygens (including phenoxy) is 2. The SMILES string of the molecule is COc1ccc(-n2ccc(CNC(=O)COc3ccccc3Cc3ccccc3)n2)cc1. The molecule has 1 aromatic heterocycles. The first-order valence-corrected chi connectivity index (χ1v) is 10.4. The number of hydrogen-bond acceptors (Lipinski definition) is 4. The molecular formula is C26H25N3O3. The van der Waals surface area contributed by atoms with Crippen molar-refractivity contribution in [1.29, 1.82) is 0 Å². The quantitative estimate of drug-likeness (QED) is 0.436. The van der Waals surface area contributed by atoms with Gasteiger partial charge in [-0.05, 0) is 47.5 Å². The fraction of sp³-hybridized carbons (Fsp3) is 0.154. The molecule has 6 heteroatoms. The highest BCUT2D eigenvalue weighted by Crippen LogP contribution is 2.21. The van der Waals surface area contributed by atoms with Crippen molar-refractivity contribution in [2.45, 2.75) is 13.0 Å². The summed E-state index contributed by atoms with van der Waals surface area (Å²) in [6.45, 7) is 0.280. The summed E-state index contributed by atoms with van der Waals surface area (Å²) >= 11 is 0. The molecule has 4 rings (SSSR count). The zero-order chi connectivity index (χ0) is 22.2. The average Bonchev–Trinajstić information content (AvgIpc) is 3.32. The molecule has 0 unspecified atom stereocenters. The molecule has 0 bridgehead atoms. The predicted molar refractivity (Wildman–Crippen MR) is 123 cm³/mol. The minimum absolute atomic E-state index is 0.0506. The molecule has 3 aromatic carbocycles. The number of methoxy groups -OCH3 is 1. The highest BCUT2D eigenvalue weighted by molar-refractivity contribution is 5.77. The van der Waals surface area contributed by atoms with Crippen molar-refractivity contribution >= 4 is 5.91 Å². The molecule has 1 heterocycles. The molecule has 0 radical (unpaired) electrons. The van der Waals surface area contributed by atoms with Crippen LogP contribution in [0.15, 0.2) is 91.1 Å². The van der Waals surface area contributed by atoms with Gasteiger partial charge in [-0.15, -0.1) is 0 Å². The summed E-state index contributed by atoms with van der Waals surface area (Å²) < 4.78 is 12.7. The van der Waals surface area contributed by atoms with E-state index >= 15 is 0 Å². The van der Waals surface area contributed by atoms with Gasteiger partial charge >= 0.3 is 0 Å². The van der Waals surface area contributed by atoms with Crippen LogP contribution in [0.1, 0.15) is 16.8 Å². The number of carbonyl (C=O) groups excluding carboxylic acids is 1. The number of hydrogen-bond donors (Lipinski definition) is 1. The van der Waals surface area contributed by atoms with Crippen LogP contribution < -0.4 is 14.8 Å². The lowest BCUT2D eigenvalue weighted by atomic mass is 10.0. The van der Waals surface area contributed by atoms with Crippen LogP contribution in [0.4, 0.5) is 0 Å². The maximum atomic E-state index is 12.3. The standard InChI is InChI=1S/C26H25N3O3/c1-31-24-13-11-23(12-14-24)29-16-15-22(28-29)18-27-26(30)19-32-25-10-6-5-9-21(25)17-20-7-3-2-4-8-20/h2-16H,17-19H2,1H3,(H,27,30). The number of carbonyl (C=O) groups is 1. The fourth-order valence-corrected chi connectivity index (χ4v) is 3.32. The van der Waals surface area contributed by atoms with Gasteiger partial charge in [0, 0.05) is 12.6 Å². The zero-order valence-corrected chi connectivity index (χ0v) is 17.9. The van der Waals surface area contributed by atoms with Crippen LogP contribution in [-0.2, 0) is 17.8 Å². The van der Waals surface area contributed by atoms with E-state index in [1.807, 2.05) is 79.0 Å². The van der Waals surface area contributed by atoms with E-state index in [1.54, 1.807) is 11.8 Å². The fourth-order valence-electron chi connectivity index (χ4n) is 3.32. The van der Waals surface area contributed by atoms with Gasteiger partial charge in [-0.1, -0.05) is 48.5 Å². The molecule has 0 aliphatic carbocycles. The Hall–Kier alpha value is -4.06. The second-order valence-electron chi connectivity index (χ2n) is 7.29. The van der Waals surface area contributed by atoms with E-state index in [9.17, 15) is 4.79 Å². The lowest BCUT2D eigenvalue weighted by Gasteiger charge is -2.11. The van der Waals surface area contributed by atoms with E-state index < -0.39 is 0 Å². The Morgan fingerprint density at radius 1 is 0.938 bits per heavy atom. The maximum Gasteiger partial charge on any atom is 0.258 e. The first-order valence-electron chi connectivity index (χ1n) is 10.4. The van der Waals surface area contributed by atoms with Crippen molar-refractivity contribution in [2.75, 3.05) is 13.7 Å². The first kappa shape index (κ1) is 21.2. The van der Waals surface area contributed by atoms with Crippen LogP contribution in [0.2, 0.25) is 0 Å². The topological polar surface area (TPSA) is 65.4 Å². The molecule has 0 atom stereocenters. The van der Waals surface area contributed by atoms with Gasteiger partial charge in [0.2, 0.25) is 0 Å². The first-order chi connectivity index (χ1) is 15.7. The van der Waals surface area contributed by atoms with Crippen LogP contribution >= 0.6 is 0 Å². The molecule has 1 amide bonds. The summed E-state index contributed by atoms with van der Waals surface area (Å²) in [6, 6.07) is 27.5. The second-order valence-corrected chi connectivity index (χ2v) is 7.29. The molecule has 0 aliphatic rings. The minimum atomic E-state index is -0.196. The Kier molecular flexibility index (Phi) is 6.82. The Labute approximate surface area is 187 Å². The van der Waals surface area contributed by atoms with E-state index in [2.05, 4.69) is 22.5 Å². The van der Waals surface area contributed by atoms with E-state index in [0.717, 1.165) is 34.9 Å². The number of aromatic nitrogens is 2. The van der Waals surface area contributed by atoms with Gasteiger partial charge in [-0.3, -0.25) is 4.79 Å². The summed E-state index contributed by atoms with van der Waals surface area (Å²) in [5.41, 5.74) is 3.92. The molecule has 0 fully saturated rings. The number of benzene rings is 3. The number of amides is 1. The van der Waals surface area contributed by atoms with Crippen molar-refractivity contribution in [2.24, 2.45) is 0 Å².